The van der Waals surface area contributed by atoms with Crippen LogP contribution in [0.15, 0.2) is 40.3 Å². The highest BCUT2D eigenvalue weighted by molar-refractivity contribution is 7.89. The summed E-state index contributed by atoms with van der Waals surface area (Å²) in [4.78, 5) is 0.0537. The Morgan fingerprint density at radius 3 is 2.09 bits per heavy atom. The van der Waals surface area contributed by atoms with Crippen LogP contribution in [0.2, 0.25) is 0 Å². The second-order valence-corrected chi connectivity index (χ2v) is 7.53. The van der Waals surface area contributed by atoms with E-state index in [1.807, 2.05) is 0 Å². The van der Waals surface area contributed by atoms with Crippen molar-refractivity contribution in [2.45, 2.75) is 11.5 Å². The molecule has 0 bridgehead atoms. The average Bonchev–Trinajstić information content (AvgIpc) is 2.96. The quantitative estimate of drug-likeness (QED) is 0.616. The van der Waals surface area contributed by atoms with Gasteiger partial charge in [0.05, 0.1) is 4.90 Å². The molecule has 0 spiro atoms. The summed E-state index contributed by atoms with van der Waals surface area (Å²) in [5.41, 5.74) is 2.05. The molecule has 3 rings (SSSR count). The maximum Gasteiger partial charge on any atom is 0.387 e. The molecule has 0 radical (unpaired) electrons. The molecule has 0 aliphatic carbocycles. The first kappa shape index (κ1) is 15.7. The summed E-state index contributed by atoms with van der Waals surface area (Å²) < 4.78 is 56.5. The molecule has 9 heteroatoms. The lowest BCUT2D eigenvalue weighted by molar-refractivity contribution is -0.0498. The number of sulfonamides is 1. The molecule has 1 aromatic rings. The van der Waals surface area contributed by atoms with E-state index in [1.165, 1.54) is 28.6 Å². The van der Waals surface area contributed by atoms with Crippen molar-refractivity contribution >= 4 is 21.8 Å². The van der Waals surface area contributed by atoms with Crippen LogP contribution in [0.25, 0.3) is 0 Å². The van der Waals surface area contributed by atoms with Crippen LogP contribution in [0.4, 0.5) is 8.78 Å². The summed E-state index contributed by atoms with van der Waals surface area (Å²) in [6.45, 7) is -1.19. The number of hydrogen-bond donors (Lipinski definition) is 0. The minimum absolute atomic E-state index is 0.0537. The van der Waals surface area contributed by atoms with Crippen LogP contribution in [0.3, 0.4) is 0 Å². The molecule has 120 valence electrons. The Hall–Kier alpha value is -1.22. The van der Waals surface area contributed by atoms with Gasteiger partial charge in [0.1, 0.15) is 5.75 Å². The first-order chi connectivity index (χ1) is 10.4. The fourth-order valence-electron chi connectivity index (χ4n) is 2.61. The van der Waals surface area contributed by atoms with Crippen LogP contribution in [-0.2, 0) is 10.0 Å². The molecule has 2 aliphatic heterocycles. The van der Waals surface area contributed by atoms with Crippen molar-refractivity contribution < 1.29 is 21.9 Å². The molecule has 5 nitrogen and oxygen atoms in total. The van der Waals surface area contributed by atoms with Crippen LogP contribution in [-0.4, -0.2) is 49.9 Å². The normalized spacial score (nSPS) is 20.0. The van der Waals surface area contributed by atoms with Gasteiger partial charge in [-0.25, -0.2) is 12.8 Å². The first-order valence-electron chi connectivity index (χ1n) is 6.52. The molecular weight excluding hydrogens is 338 g/mol. The molecule has 0 saturated carbocycles. The molecule has 2 aliphatic rings. The van der Waals surface area contributed by atoms with Gasteiger partial charge in [-0.1, -0.05) is 0 Å². The fourth-order valence-corrected chi connectivity index (χ4v) is 4.33. The zero-order valence-corrected chi connectivity index (χ0v) is 12.9. The third kappa shape index (κ3) is 2.96. The number of halogens is 3. The highest BCUT2D eigenvalue weighted by Gasteiger charge is 2.35. The highest BCUT2D eigenvalue weighted by atomic mass is 35.5. The number of rotatable bonds is 4. The van der Waals surface area contributed by atoms with E-state index in [-0.39, 0.29) is 10.6 Å². The maximum atomic E-state index is 12.5. The van der Waals surface area contributed by atoms with E-state index in [0.717, 1.165) is 11.1 Å². The van der Waals surface area contributed by atoms with Crippen molar-refractivity contribution in [3.05, 3.63) is 35.4 Å². The van der Waals surface area contributed by atoms with Gasteiger partial charge in [0, 0.05) is 26.2 Å². The summed E-state index contributed by atoms with van der Waals surface area (Å²) in [7, 11) is -3.66. The van der Waals surface area contributed by atoms with Crippen molar-refractivity contribution in [2.24, 2.45) is 0 Å². The molecule has 0 atom stereocenters. The van der Waals surface area contributed by atoms with Crippen molar-refractivity contribution in [3.8, 4) is 5.75 Å². The molecule has 0 saturated heterocycles. The van der Waals surface area contributed by atoms with E-state index in [0.29, 0.717) is 26.2 Å². The number of nitrogens with zero attached hydrogens (tertiary/aromatic N) is 2. The van der Waals surface area contributed by atoms with Gasteiger partial charge in [0.15, 0.2) is 0 Å². The van der Waals surface area contributed by atoms with E-state index in [2.05, 4.69) is 4.74 Å². The van der Waals surface area contributed by atoms with Crippen LogP contribution in [0.5, 0.6) is 5.75 Å². The van der Waals surface area contributed by atoms with Crippen molar-refractivity contribution in [1.29, 1.82) is 0 Å². The third-order valence-electron chi connectivity index (χ3n) is 3.65. The van der Waals surface area contributed by atoms with Gasteiger partial charge in [-0.3, -0.25) is 0 Å². The fraction of sp³-hybridized carbons (Fsp3) is 0.385. The Balaban J connectivity index is 1.74. The van der Waals surface area contributed by atoms with E-state index in [9.17, 15) is 17.2 Å². The summed E-state index contributed by atoms with van der Waals surface area (Å²) in [5, 5.41) is 0. The molecule has 0 aromatic heterocycles. The minimum Gasteiger partial charge on any atom is -0.435 e. The van der Waals surface area contributed by atoms with Crippen molar-refractivity contribution in [3.63, 3.8) is 0 Å². The zero-order valence-electron chi connectivity index (χ0n) is 11.4. The molecule has 0 fully saturated rings. The van der Waals surface area contributed by atoms with Gasteiger partial charge >= 0.3 is 6.61 Å². The third-order valence-corrected chi connectivity index (χ3v) is 5.69. The molecule has 22 heavy (non-hydrogen) atoms. The molecule has 0 amide bonds. The van der Waals surface area contributed by atoms with Crippen LogP contribution in [0, 0.1) is 0 Å². The van der Waals surface area contributed by atoms with Crippen LogP contribution >= 0.6 is 11.8 Å². The average molecular weight is 351 g/mol. The standard InChI is InChI=1S/C13H13ClF2N2O3S/c14-17-5-9-7-18(8-10(9)6-17)22(19,20)12-3-1-11(2-4-12)21-13(15)16/h1-4,13H,5-8H2. The summed E-state index contributed by atoms with van der Waals surface area (Å²) in [6.07, 6.45) is 0. The van der Waals surface area contributed by atoms with E-state index >= 15 is 0 Å². The molecule has 0 N–H and O–H groups in total. The van der Waals surface area contributed by atoms with E-state index in [1.54, 1.807) is 4.42 Å². The summed E-state index contributed by atoms with van der Waals surface area (Å²) in [6, 6.07) is 4.97. The molecular formula is C13H13ClF2N2O3S. The Bertz CT molecular complexity index is 689. The number of alkyl halides is 2. The topological polar surface area (TPSA) is 49.9 Å². The van der Waals surface area contributed by atoms with Gasteiger partial charge in [0.2, 0.25) is 10.0 Å². The lowest BCUT2D eigenvalue weighted by atomic mass is 10.2. The SMILES string of the molecule is O=S(=O)(c1ccc(OC(F)F)cc1)N1CC2=C(CN(Cl)C2)C1. The minimum atomic E-state index is -3.66. The van der Waals surface area contributed by atoms with E-state index in [4.69, 9.17) is 11.8 Å². The number of hydrogen-bond acceptors (Lipinski definition) is 4. The molecule has 1 aromatic carbocycles. The second kappa shape index (κ2) is 5.77. The second-order valence-electron chi connectivity index (χ2n) is 5.11. The smallest absolute Gasteiger partial charge is 0.387 e. The first-order valence-corrected chi connectivity index (χ1v) is 8.29. The lowest BCUT2D eigenvalue weighted by Gasteiger charge is -2.19. The highest BCUT2D eigenvalue weighted by Crippen LogP contribution is 2.31. The molecule has 2 heterocycles. The zero-order chi connectivity index (χ0) is 15.9. The Morgan fingerprint density at radius 1 is 1.05 bits per heavy atom. The van der Waals surface area contributed by atoms with Gasteiger partial charge in [-0.05, 0) is 47.2 Å². The maximum absolute atomic E-state index is 12.5. The summed E-state index contributed by atoms with van der Waals surface area (Å²) >= 11 is 5.90. The van der Waals surface area contributed by atoms with Gasteiger partial charge in [-0.2, -0.15) is 13.1 Å². The lowest BCUT2D eigenvalue weighted by Crippen LogP contribution is -2.32. The molecule has 0 unspecified atom stereocenters. The predicted octanol–water partition coefficient (Wildman–Crippen LogP) is 2.06. The van der Waals surface area contributed by atoms with Crippen LogP contribution in [0.1, 0.15) is 0 Å². The van der Waals surface area contributed by atoms with Crippen molar-refractivity contribution in [2.75, 3.05) is 26.2 Å². The Labute approximate surface area is 131 Å². The van der Waals surface area contributed by atoms with Gasteiger partial charge in [0.25, 0.3) is 0 Å². The predicted molar refractivity (Wildman–Crippen MR) is 76.3 cm³/mol. The largest absolute Gasteiger partial charge is 0.435 e. The van der Waals surface area contributed by atoms with Gasteiger partial charge < -0.3 is 4.74 Å². The van der Waals surface area contributed by atoms with Crippen LogP contribution < -0.4 is 4.74 Å². The summed E-state index contributed by atoms with van der Waals surface area (Å²) in [5.74, 6) is -0.0752. The van der Waals surface area contributed by atoms with Crippen molar-refractivity contribution in [1.82, 2.24) is 8.72 Å². The monoisotopic (exact) mass is 350 g/mol. The Morgan fingerprint density at radius 2 is 1.59 bits per heavy atom. The van der Waals surface area contributed by atoms with E-state index < -0.39 is 16.6 Å². The Kier molecular flexibility index (Phi) is 4.11. The van der Waals surface area contributed by atoms with Gasteiger partial charge in [-0.15, -0.1) is 0 Å². The number of ether oxygens (including phenoxy) is 1. The number of benzene rings is 1.